The standard InChI is InChI=1S/C16H25N5O/c1-6-20-14(5)15(10-17-20)13(4)18-16(22)7-8-21-12(3)9-11(2)19-21/h9-10,13H,6-8H2,1-5H3,(H,18,22). The molecule has 0 aliphatic carbocycles. The van der Waals surface area contributed by atoms with E-state index in [0.717, 1.165) is 29.2 Å². The van der Waals surface area contributed by atoms with Gasteiger partial charge < -0.3 is 5.32 Å². The number of carbonyl (C=O) groups is 1. The molecule has 0 radical (unpaired) electrons. The van der Waals surface area contributed by atoms with Crippen molar-refractivity contribution in [3.63, 3.8) is 0 Å². The SMILES string of the molecule is CCn1ncc(C(C)NC(=O)CCn2nc(C)cc2C)c1C. The molecule has 2 rings (SSSR count). The molecule has 0 aromatic carbocycles. The van der Waals surface area contributed by atoms with Gasteiger partial charge in [0.05, 0.1) is 17.9 Å². The predicted octanol–water partition coefficient (Wildman–Crippen LogP) is 2.29. The first-order valence-corrected chi connectivity index (χ1v) is 7.75. The van der Waals surface area contributed by atoms with Crippen molar-refractivity contribution in [2.75, 3.05) is 0 Å². The van der Waals surface area contributed by atoms with E-state index in [1.807, 2.05) is 49.3 Å². The van der Waals surface area contributed by atoms with Crippen LogP contribution < -0.4 is 5.32 Å². The fraction of sp³-hybridized carbons (Fsp3) is 0.562. The van der Waals surface area contributed by atoms with Crippen LogP contribution in [0.5, 0.6) is 0 Å². The van der Waals surface area contributed by atoms with Gasteiger partial charge in [0.25, 0.3) is 0 Å². The molecule has 0 spiro atoms. The van der Waals surface area contributed by atoms with Crippen LogP contribution in [0.25, 0.3) is 0 Å². The second-order valence-electron chi connectivity index (χ2n) is 5.69. The van der Waals surface area contributed by atoms with E-state index in [-0.39, 0.29) is 11.9 Å². The summed E-state index contributed by atoms with van der Waals surface area (Å²) in [4.78, 5) is 12.1. The summed E-state index contributed by atoms with van der Waals surface area (Å²) in [6.45, 7) is 11.5. The highest BCUT2D eigenvalue weighted by Gasteiger charge is 2.15. The van der Waals surface area contributed by atoms with Crippen LogP contribution in [0.4, 0.5) is 0 Å². The molecule has 2 heterocycles. The van der Waals surface area contributed by atoms with Crippen molar-refractivity contribution in [1.82, 2.24) is 24.9 Å². The maximum absolute atomic E-state index is 12.1. The molecule has 0 aliphatic heterocycles. The summed E-state index contributed by atoms with van der Waals surface area (Å²) in [5, 5.41) is 11.7. The molecule has 0 bridgehead atoms. The Morgan fingerprint density at radius 3 is 2.59 bits per heavy atom. The summed E-state index contributed by atoms with van der Waals surface area (Å²) >= 11 is 0. The number of nitrogens with zero attached hydrogens (tertiary/aromatic N) is 4. The van der Waals surface area contributed by atoms with Crippen LogP contribution in [0.3, 0.4) is 0 Å². The average molecular weight is 303 g/mol. The largest absolute Gasteiger partial charge is 0.349 e. The lowest BCUT2D eigenvalue weighted by atomic mass is 10.1. The molecule has 22 heavy (non-hydrogen) atoms. The Bertz CT molecular complexity index is 656. The van der Waals surface area contributed by atoms with Crippen LogP contribution >= 0.6 is 0 Å². The molecule has 1 atom stereocenters. The highest BCUT2D eigenvalue weighted by atomic mass is 16.1. The zero-order valence-corrected chi connectivity index (χ0v) is 14.1. The Kier molecular flexibility index (Phi) is 5.00. The first kappa shape index (κ1) is 16.3. The van der Waals surface area contributed by atoms with Gasteiger partial charge in [-0.05, 0) is 40.7 Å². The number of aromatic nitrogens is 4. The summed E-state index contributed by atoms with van der Waals surface area (Å²) < 4.78 is 3.81. The van der Waals surface area contributed by atoms with Crippen molar-refractivity contribution in [2.24, 2.45) is 0 Å². The summed E-state index contributed by atoms with van der Waals surface area (Å²) in [6, 6.07) is 1.98. The van der Waals surface area contributed by atoms with Gasteiger partial charge in [0.2, 0.25) is 5.91 Å². The molecule has 0 saturated carbocycles. The van der Waals surface area contributed by atoms with Gasteiger partial charge in [0.1, 0.15) is 0 Å². The quantitative estimate of drug-likeness (QED) is 0.890. The number of nitrogens with one attached hydrogen (secondary N) is 1. The van der Waals surface area contributed by atoms with Crippen molar-refractivity contribution in [3.8, 4) is 0 Å². The molecule has 2 aromatic rings. The van der Waals surface area contributed by atoms with Crippen molar-refractivity contribution in [2.45, 2.75) is 60.2 Å². The third-order valence-corrected chi connectivity index (χ3v) is 3.94. The van der Waals surface area contributed by atoms with Crippen LogP contribution in [0.1, 0.15) is 49.0 Å². The van der Waals surface area contributed by atoms with Gasteiger partial charge in [0, 0.05) is 36.5 Å². The summed E-state index contributed by atoms with van der Waals surface area (Å²) in [6.07, 6.45) is 2.26. The normalized spacial score (nSPS) is 12.4. The van der Waals surface area contributed by atoms with Crippen LogP contribution in [-0.4, -0.2) is 25.5 Å². The fourth-order valence-corrected chi connectivity index (χ4v) is 2.71. The van der Waals surface area contributed by atoms with Crippen molar-refractivity contribution < 1.29 is 4.79 Å². The van der Waals surface area contributed by atoms with E-state index in [1.165, 1.54) is 0 Å². The molecule has 0 fully saturated rings. The lowest BCUT2D eigenvalue weighted by Gasteiger charge is -2.14. The Morgan fingerprint density at radius 2 is 2.05 bits per heavy atom. The Morgan fingerprint density at radius 1 is 1.32 bits per heavy atom. The minimum absolute atomic E-state index is 0.0312. The van der Waals surface area contributed by atoms with E-state index in [2.05, 4.69) is 22.4 Å². The van der Waals surface area contributed by atoms with E-state index < -0.39 is 0 Å². The van der Waals surface area contributed by atoms with E-state index >= 15 is 0 Å². The topological polar surface area (TPSA) is 64.7 Å². The predicted molar refractivity (Wildman–Crippen MR) is 85.5 cm³/mol. The molecule has 6 nitrogen and oxygen atoms in total. The van der Waals surface area contributed by atoms with E-state index in [0.29, 0.717) is 13.0 Å². The number of hydrogen-bond acceptors (Lipinski definition) is 3. The van der Waals surface area contributed by atoms with Crippen LogP contribution in [-0.2, 0) is 17.9 Å². The van der Waals surface area contributed by atoms with Crippen LogP contribution in [0.15, 0.2) is 12.3 Å². The van der Waals surface area contributed by atoms with Gasteiger partial charge in [-0.1, -0.05) is 0 Å². The molecule has 1 N–H and O–H groups in total. The smallest absolute Gasteiger partial charge is 0.222 e. The average Bonchev–Trinajstić information content (AvgIpc) is 2.98. The third kappa shape index (κ3) is 3.55. The first-order valence-electron chi connectivity index (χ1n) is 7.75. The number of aryl methyl sites for hydroxylation is 4. The fourth-order valence-electron chi connectivity index (χ4n) is 2.71. The highest BCUT2D eigenvalue weighted by Crippen LogP contribution is 2.16. The molecule has 2 aromatic heterocycles. The minimum atomic E-state index is -0.0340. The van der Waals surface area contributed by atoms with Gasteiger partial charge in [-0.2, -0.15) is 10.2 Å². The number of rotatable bonds is 6. The zero-order chi connectivity index (χ0) is 16.3. The number of carbonyl (C=O) groups excluding carboxylic acids is 1. The Labute approximate surface area is 131 Å². The van der Waals surface area contributed by atoms with Crippen molar-refractivity contribution >= 4 is 5.91 Å². The second-order valence-corrected chi connectivity index (χ2v) is 5.69. The highest BCUT2D eigenvalue weighted by molar-refractivity contribution is 5.76. The maximum atomic E-state index is 12.1. The Hall–Kier alpha value is -2.11. The lowest BCUT2D eigenvalue weighted by Crippen LogP contribution is -2.28. The van der Waals surface area contributed by atoms with Gasteiger partial charge in [-0.25, -0.2) is 0 Å². The van der Waals surface area contributed by atoms with Gasteiger partial charge in [-0.3, -0.25) is 14.2 Å². The molecule has 0 aliphatic rings. The summed E-state index contributed by atoms with van der Waals surface area (Å²) in [5.41, 5.74) is 4.24. The number of amides is 1. The van der Waals surface area contributed by atoms with Gasteiger partial charge in [-0.15, -0.1) is 0 Å². The zero-order valence-electron chi connectivity index (χ0n) is 14.1. The maximum Gasteiger partial charge on any atom is 0.222 e. The second kappa shape index (κ2) is 6.77. The third-order valence-electron chi connectivity index (χ3n) is 3.94. The van der Waals surface area contributed by atoms with Gasteiger partial charge in [0.15, 0.2) is 0 Å². The number of hydrogen-bond donors (Lipinski definition) is 1. The summed E-state index contributed by atoms with van der Waals surface area (Å²) in [5.74, 6) is 0.0312. The van der Waals surface area contributed by atoms with Crippen molar-refractivity contribution in [3.05, 3.63) is 34.9 Å². The molecular formula is C16H25N5O. The molecule has 6 heteroatoms. The van der Waals surface area contributed by atoms with Crippen LogP contribution in [0, 0.1) is 20.8 Å². The lowest BCUT2D eigenvalue weighted by molar-refractivity contribution is -0.122. The van der Waals surface area contributed by atoms with E-state index in [9.17, 15) is 4.79 Å². The molecule has 0 saturated heterocycles. The summed E-state index contributed by atoms with van der Waals surface area (Å²) in [7, 11) is 0. The molecule has 1 amide bonds. The minimum Gasteiger partial charge on any atom is -0.349 e. The van der Waals surface area contributed by atoms with Crippen molar-refractivity contribution in [1.29, 1.82) is 0 Å². The molecule has 1 unspecified atom stereocenters. The Balaban J connectivity index is 1.91. The van der Waals surface area contributed by atoms with Gasteiger partial charge >= 0.3 is 0 Å². The molecular weight excluding hydrogens is 278 g/mol. The molecule has 120 valence electrons. The van der Waals surface area contributed by atoms with E-state index in [1.54, 1.807) is 0 Å². The van der Waals surface area contributed by atoms with E-state index in [4.69, 9.17) is 0 Å². The van der Waals surface area contributed by atoms with Crippen LogP contribution in [0.2, 0.25) is 0 Å². The monoisotopic (exact) mass is 303 g/mol. The first-order chi connectivity index (χ1) is 10.4.